The van der Waals surface area contributed by atoms with Gasteiger partial charge in [-0.15, -0.1) is 0 Å². The second kappa shape index (κ2) is 5.71. The standard InChI is InChI=1S/C13H9F3N2O5/c14-13(15,16)11(20)9-5-6-17(12(21)10(9)19)7-1-3-8(4-2-7)18(22)23/h1-4,19H,5-6H2. The van der Waals surface area contributed by atoms with E-state index in [1.165, 1.54) is 12.1 Å². The number of halogens is 3. The highest BCUT2D eigenvalue weighted by molar-refractivity contribution is 6.12. The Morgan fingerprint density at radius 3 is 2.30 bits per heavy atom. The van der Waals surface area contributed by atoms with E-state index in [4.69, 9.17) is 0 Å². The van der Waals surface area contributed by atoms with Crippen LogP contribution in [0.25, 0.3) is 0 Å². The first-order valence-electron chi connectivity index (χ1n) is 6.23. The van der Waals surface area contributed by atoms with Crippen molar-refractivity contribution in [2.45, 2.75) is 12.6 Å². The first-order chi connectivity index (χ1) is 10.6. The molecule has 7 nitrogen and oxygen atoms in total. The van der Waals surface area contributed by atoms with Gasteiger partial charge in [0.2, 0.25) is 0 Å². The van der Waals surface area contributed by atoms with Gasteiger partial charge in [-0.2, -0.15) is 13.2 Å². The van der Waals surface area contributed by atoms with Crippen LogP contribution in [0.2, 0.25) is 0 Å². The van der Waals surface area contributed by atoms with Crippen LogP contribution in [0.4, 0.5) is 24.5 Å². The van der Waals surface area contributed by atoms with E-state index >= 15 is 0 Å². The molecule has 10 heteroatoms. The second-order valence-corrected chi connectivity index (χ2v) is 4.63. The molecule has 0 unspecified atom stereocenters. The van der Waals surface area contributed by atoms with Gasteiger partial charge in [0, 0.05) is 24.4 Å². The van der Waals surface area contributed by atoms with Crippen LogP contribution in [-0.2, 0) is 9.59 Å². The summed E-state index contributed by atoms with van der Waals surface area (Å²) in [7, 11) is 0. The van der Waals surface area contributed by atoms with Crippen molar-refractivity contribution >= 4 is 23.1 Å². The fourth-order valence-corrected chi connectivity index (χ4v) is 2.09. The third kappa shape index (κ3) is 3.15. The predicted octanol–water partition coefficient (Wildman–Crippen LogP) is 2.28. The molecular weight excluding hydrogens is 321 g/mol. The molecule has 0 fully saturated rings. The van der Waals surface area contributed by atoms with Crippen molar-refractivity contribution in [3.05, 3.63) is 45.7 Å². The number of rotatable bonds is 3. The maximum Gasteiger partial charge on any atom is 0.454 e. The second-order valence-electron chi connectivity index (χ2n) is 4.63. The summed E-state index contributed by atoms with van der Waals surface area (Å²) in [6.07, 6.45) is -5.66. The highest BCUT2D eigenvalue weighted by Gasteiger charge is 2.44. The van der Waals surface area contributed by atoms with Gasteiger partial charge in [-0.3, -0.25) is 19.7 Å². The molecule has 23 heavy (non-hydrogen) atoms. The minimum Gasteiger partial charge on any atom is -0.503 e. The summed E-state index contributed by atoms with van der Waals surface area (Å²) in [5.41, 5.74) is -1.06. The van der Waals surface area contributed by atoms with Crippen LogP contribution in [0, 0.1) is 10.1 Å². The smallest absolute Gasteiger partial charge is 0.454 e. The van der Waals surface area contributed by atoms with E-state index in [0.717, 1.165) is 17.0 Å². The number of nitrogens with zero attached hydrogens (tertiary/aromatic N) is 2. The average Bonchev–Trinajstić information content (AvgIpc) is 2.48. The summed E-state index contributed by atoms with van der Waals surface area (Å²) in [6.45, 7) is -0.266. The number of benzene rings is 1. The van der Waals surface area contributed by atoms with Gasteiger partial charge in [-0.05, 0) is 18.6 Å². The number of hydrogen-bond donors (Lipinski definition) is 1. The number of amides is 1. The van der Waals surface area contributed by atoms with Gasteiger partial charge >= 0.3 is 6.18 Å². The molecule has 0 atom stereocenters. The van der Waals surface area contributed by atoms with E-state index in [9.17, 15) is 38.0 Å². The molecule has 0 saturated carbocycles. The topological polar surface area (TPSA) is 101 Å². The zero-order chi connectivity index (χ0) is 17.4. The van der Waals surface area contributed by atoms with E-state index in [0.29, 0.717) is 0 Å². The molecule has 0 radical (unpaired) electrons. The maximum absolute atomic E-state index is 12.4. The number of aliphatic hydroxyl groups is 1. The van der Waals surface area contributed by atoms with Crippen LogP contribution >= 0.6 is 0 Å². The quantitative estimate of drug-likeness (QED) is 0.677. The number of non-ortho nitro benzene ring substituents is 1. The third-order valence-electron chi connectivity index (χ3n) is 3.22. The normalized spacial score (nSPS) is 15.8. The minimum atomic E-state index is -5.18. The summed E-state index contributed by atoms with van der Waals surface area (Å²) in [4.78, 5) is 33.9. The summed E-state index contributed by atoms with van der Waals surface area (Å²) >= 11 is 0. The van der Waals surface area contributed by atoms with Crippen LogP contribution in [0.5, 0.6) is 0 Å². The maximum atomic E-state index is 12.4. The number of hydrogen-bond acceptors (Lipinski definition) is 5. The van der Waals surface area contributed by atoms with Crippen LogP contribution in [0.15, 0.2) is 35.6 Å². The molecule has 1 aromatic carbocycles. The number of carbonyl (C=O) groups is 2. The number of ketones is 1. The van der Waals surface area contributed by atoms with E-state index in [1.807, 2.05) is 0 Å². The fraction of sp³-hybridized carbons (Fsp3) is 0.231. The Balaban J connectivity index is 2.30. The van der Waals surface area contributed by atoms with Gasteiger partial charge in [0.25, 0.3) is 17.4 Å². The highest BCUT2D eigenvalue weighted by Crippen LogP contribution is 2.30. The molecule has 1 aliphatic heterocycles. The number of anilines is 1. The monoisotopic (exact) mass is 330 g/mol. The predicted molar refractivity (Wildman–Crippen MR) is 70.8 cm³/mol. The molecule has 122 valence electrons. The molecule has 1 aromatic rings. The number of alkyl halides is 3. The number of Topliss-reactive ketones (excluding diaryl/α,β-unsaturated/α-hetero) is 1. The summed E-state index contributed by atoms with van der Waals surface area (Å²) < 4.78 is 37.2. The Bertz CT molecular complexity index is 709. The molecule has 0 bridgehead atoms. The molecule has 2 rings (SSSR count). The highest BCUT2D eigenvalue weighted by atomic mass is 19.4. The first kappa shape index (κ1) is 16.5. The Morgan fingerprint density at radius 1 is 1.26 bits per heavy atom. The Labute approximate surface area is 126 Å². The van der Waals surface area contributed by atoms with Crippen molar-refractivity contribution < 1.29 is 32.8 Å². The number of nitro benzene ring substituents is 1. The average molecular weight is 330 g/mol. The lowest BCUT2D eigenvalue weighted by atomic mass is 10.0. The Hall–Kier alpha value is -2.91. The van der Waals surface area contributed by atoms with Gasteiger partial charge < -0.3 is 10.0 Å². The minimum absolute atomic E-state index is 0.158. The molecule has 0 aliphatic carbocycles. The molecule has 1 aliphatic rings. The van der Waals surface area contributed by atoms with Crippen LogP contribution in [0.3, 0.4) is 0 Å². The van der Waals surface area contributed by atoms with Crippen molar-refractivity contribution in [1.82, 2.24) is 0 Å². The molecule has 1 heterocycles. The van der Waals surface area contributed by atoms with E-state index < -0.39 is 40.5 Å². The van der Waals surface area contributed by atoms with Gasteiger partial charge in [-0.25, -0.2) is 0 Å². The summed E-state index contributed by atoms with van der Waals surface area (Å²) in [5, 5.41) is 20.2. The lowest BCUT2D eigenvalue weighted by Gasteiger charge is -2.27. The van der Waals surface area contributed by atoms with Crippen LogP contribution in [-0.4, -0.2) is 34.4 Å². The van der Waals surface area contributed by atoms with Crippen molar-refractivity contribution in [3.8, 4) is 0 Å². The fourth-order valence-electron chi connectivity index (χ4n) is 2.09. The van der Waals surface area contributed by atoms with Gasteiger partial charge in [0.1, 0.15) is 0 Å². The number of aliphatic hydroxyl groups excluding tert-OH is 1. The lowest BCUT2D eigenvalue weighted by Crippen LogP contribution is -2.40. The number of carbonyl (C=O) groups excluding carboxylic acids is 2. The molecule has 1 N–H and O–H groups in total. The Kier molecular flexibility index (Phi) is 4.08. The summed E-state index contributed by atoms with van der Waals surface area (Å²) in [5.74, 6) is -4.69. The Morgan fingerprint density at radius 2 is 1.83 bits per heavy atom. The largest absolute Gasteiger partial charge is 0.503 e. The van der Waals surface area contributed by atoms with E-state index in [-0.39, 0.29) is 17.9 Å². The molecule has 0 aromatic heterocycles. The zero-order valence-corrected chi connectivity index (χ0v) is 11.3. The van der Waals surface area contributed by atoms with Gasteiger partial charge in [0.05, 0.1) is 10.5 Å². The van der Waals surface area contributed by atoms with E-state index in [2.05, 4.69) is 0 Å². The van der Waals surface area contributed by atoms with Crippen LogP contribution in [0.1, 0.15) is 6.42 Å². The van der Waals surface area contributed by atoms with Crippen molar-refractivity contribution in [2.24, 2.45) is 0 Å². The first-order valence-corrected chi connectivity index (χ1v) is 6.23. The summed E-state index contributed by atoms with van der Waals surface area (Å²) in [6, 6.07) is 4.67. The molecule has 0 saturated heterocycles. The van der Waals surface area contributed by atoms with E-state index in [1.54, 1.807) is 0 Å². The van der Waals surface area contributed by atoms with Gasteiger partial charge in [0.15, 0.2) is 5.76 Å². The van der Waals surface area contributed by atoms with Gasteiger partial charge in [-0.1, -0.05) is 0 Å². The zero-order valence-electron chi connectivity index (χ0n) is 11.3. The molecule has 1 amide bonds. The van der Waals surface area contributed by atoms with Crippen molar-refractivity contribution in [2.75, 3.05) is 11.4 Å². The lowest BCUT2D eigenvalue weighted by molar-refractivity contribution is -0.384. The van der Waals surface area contributed by atoms with Crippen molar-refractivity contribution in [3.63, 3.8) is 0 Å². The molecule has 0 spiro atoms. The molecular formula is C13H9F3N2O5. The van der Waals surface area contributed by atoms with Crippen molar-refractivity contribution in [1.29, 1.82) is 0 Å². The number of nitro groups is 1. The SMILES string of the molecule is O=C1C(O)=C(C(=O)C(F)(F)F)CCN1c1ccc([N+](=O)[O-])cc1. The van der Waals surface area contributed by atoms with Crippen LogP contribution < -0.4 is 4.90 Å². The third-order valence-corrected chi connectivity index (χ3v) is 3.22.